The Morgan fingerprint density at radius 3 is 2.76 bits per heavy atom. The minimum absolute atomic E-state index is 0.00613. The number of halogens is 3. The Labute approximate surface area is 101 Å². The van der Waals surface area contributed by atoms with Crippen molar-refractivity contribution in [1.82, 2.24) is 14.8 Å². The van der Waals surface area contributed by atoms with E-state index in [4.69, 9.17) is 11.6 Å². The van der Waals surface area contributed by atoms with Gasteiger partial charge in [0.25, 0.3) is 0 Å². The molecule has 7 heteroatoms. The lowest BCUT2D eigenvalue weighted by Crippen LogP contribution is -2.02. The van der Waals surface area contributed by atoms with E-state index < -0.39 is 6.61 Å². The average Bonchev–Trinajstić information content (AvgIpc) is 2.59. The van der Waals surface area contributed by atoms with Crippen molar-refractivity contribution in [3.05, 3.63) is 29.7 Å². The van der Waals surface area contributed by atoms with E-state index in [-0.39, 0.29) is 5.75 Å². The Hall–Kier alpha value is -1.69. The second kappa shape index (κ2) is 4.67. The normalized spacial score (nSPS) is 10.9. The number of pyridine rings is 1. The molecule has 2 aromatic heterocycles. The van der Waals surface area contributed by atoms with E-state index in [1.807, 2.05) is 0 Å². The molecule has 0 spiro atoms. The van der Waals surface area contributed by atoms with Gasteiger partial charge >= 0.3 is 6.61 Å². The largest absolute Gasteiger partial charge is 0.431 e. The molecule has 17 heavy (non-hydrogen) atoms. The molecular formula is C10H8ClF2N3O. The summed E-state index contributed by atoms with van der Waals surface area (Å²) >= 11 is 5.64. The minimum Gasteiger partial charge on any atom is -0.431 e. The van der Waals surface area contributed by atoms with Crippen LogP contribution in [-0.4, -0.2) is 21.4 Å². The molecule has 90 valence electrons. The molecule has 0 bridgehead atoms. The maximum atomic E-state index is 12.2. The molecule has 0 aromatic carbocycles. The van der Waals surface area contributed by atoms with Gasteiger partial charge in [0.15, 0.2) is 5.75 Å². The fourth-order valence-corrected chi connectivity index (χ4v) is 1.48. The number of hydrogen-bond donors (Lipinski definition) is 0. The summed E-state index contributed by atoms with van der Waals surface area (Å²) in [5, 5.41) is 4.36. The Morgan fingerprint density at radius 2 is 2.18 bits per heavy atom. The molecule has 0 radical (unpaired) electrons. The highest BCUT2D eigenvalue weighted by molar-refractivity contribution is 6.29. The van der Waals surface area contributed by atoms with Crippen LogP contribution in [0.25, 0.3) is 11.3 Å². The average molecular weight is 260 g/mol. The molecule has 2 heterocycles. The van der Waals surface area contributed by atoms with Crippen molar-refractivity contribution in [1.29, 1.82) is 0 Å². The van der Waals surface area contributed by atoms with Crippen LogP contribution in [0, 0.1) is 0 Å². The van der Waals surface area contributed by atoms with Crippen molar-refractivity contribution in [2.24, 2.45) is 7.05 Å². The monoisotopic (exact) mass is 259 g/mol. The lowest BCUT2D eigenvalue weighted by Gasteiger charge is -2.03. The van der Waals surface area contributed by atoms with Gasteiger partial charge in [-0.15, -0.1) is 0 Å². The summed E-state index contributed by atoms with van der Waals surface area (Å²) in [5.74, 6) is 0.00613. The molecule has 0 aliphatic heterocycles. The first-order valence-corrected chi connectivity index (χ1v) is 5.04. The molecule has 0 saturated heterocycles. The van der Waals surface area contributed by atoms with Crippen LogP contribution < -0.4 is 4.74 Å². The summed E-state index contributed by atoms with van der Waals surface area (Å²) in [4.78, 5) is 3.86. The van der Waals surface area contributed by atoms with Crippen LogP contribution in [0.3, 0.4) is 0 Å². The lowest BCUT2D eigenvalue weighted by atomic mass is 10.2. The number of rotatable bonds is 3. The Morgan fingerprint density at radius 1 is 1.41 bits per heavy atom. The Kier molecular flexibility index (Phi) is 3.23. The predicted molar refractivity (Wildman–Crippen MR) is 58.1 cm³/mol. The molecule has 0 N–H and O–H groups in total. The van der Waals surface area contributed by atoms with E-state index in [1.165, 1.54) is 17.1 Å². The molecular weight excluding hydrogens is 252 g/mol. The quantitative estimate of drug-likeness (QED) is 0.796. The second-order valence-electron chi connectivity index (χ2n) is 3.26. The number of aromatic nitrogens is 3. The number of ether oxygens (including phenoxy) is 1. The summed E-state index contributed by atoms with van der Waals surface area (Å²) < 4.78 is 30.2. The van der Waals surface area contributed by atoms with Gasteiger partial charge in [-0.1, -0.05) is 11.6 Å². The lowest BCUT2D eigenvalue weighted by molar-refractivity contribution is -0.0495. The van der Waals surface area contributed by atoms with E-state index in [0.717, 1.165) is 0 Å². The maximum Gasteiger partial charge on any atom is 0.387 e. The fraction of sp³-hybridized carbons (Fsp3) is 0.200. The van der Waals surface area contributed by atoms with Crippen molar-refractivity contribution >= 4 is 11.6 Å². The first-order valence-electron chi connectivity index (χ1n) is 4.66. The number of nitrogens with zero attached hydrogens (tertiary/aromatic N) is 3. The van der Waals surface area contributed by atoms with Gasteiger partial charge in [0.2, 0.25) is 0 Å². The third kappa shape index (κ3) is 2.71. The van der Waals surface area contributed by atoms with Crippen molar-refractivity contribution in [2.45, 2.75) is 6.61 Å². The van der Waals surface area contributed by atoms with Crippen LogP contribution in [-0.2, 0) is 7.05 Å². The smallest absolute Gasteiger partial charge is 0.387 e. The topological polar surface area (TPSA) is 39.9 Å². The molecule has 0 fully saturated rings. The number of hydrogen-bond acceptors (Lipinski definition) is 3. The van der Waals surface area contributed by atoms with Gasteiger partial charge in [-0.3, -0.25) is 4.68 Å². The van der Waals surface area contributed by atoms with Gasteiger partial charge in [0, 0.05) is 18.8 Å². The van der Waals surface area contributed by atoms with E-state index in [2.05, 4.69) is 14.8 Å². The summed E-state index contributed by atoms with van der Waals surface area (Å²) in [6, 6.07) is 3.19. The van der Waals surface area contributed by atoms with E-state index in [9.17, 15) is 8.78 Å². The summed E-state index contributed by atoms with van der Waals surface area (Å²) in [5.41, 5.74) is 0.864. The molecule has 0 aliphatic carbocycles. The molecule has 0 saturated carbocycles. The van der Waals surface area contributed by atoms with Gasteiger partial charge in [-0.2, -0.15) is 13.9 Å². The van der Waals surface area contributed by atoms with Gasteiger partial charge in [0.1, 0.15) is 10.8 Å². The highest BCUT2D eigenvalue weighted by Gasteiger charge is 2.15. The molecule has 0 amide bonds. The number of aryl methyl sites for hydroxylation is 1. The van der Waals surface area contributed by atoms with Crippen LogP contribution in [0.5, 0.6) is 5.75 Å². The Balaban J connectivity index is 2.40. The molecule has 0 aliphatic rings. The van der Waals surface area contributed by atoms with Crippen LogP contribution in [0.1, 0.15) is 0 Å². The standard InChI is InChI=1S/C10H8ClF2N3O/c1-16-5-7(17-10(12)13)9(15-16)6-2-3-8(11)14-4-6/h2-5,10H,1H3. The molecule has 0 unspecified atom stereocenters. The van der Waals surface area contributed by atoms with Gasteiger partial charge in [0.05, 0.1) is 6.20 Å². The highest BCUT2D eigenvalue weighted by atomic mass is 35.5. The van der Waals surface area contributed by atoms with E-state index >= 15 is 0 Å². The first-order chi connectivity index (χ1) is 8.06. The van der Waals surface area contributed by atoms with Crippen molar-refractivity contribution in [3.8, 4) is 17.0 Å². The first kappa shape index (κ1) is 11.8. The van der Waals surface area contributed by atoms with Crippen LogP contribution in [0.2, 0.25) is 5.15 Å². The third-order valence-electron chi connectivity index (χ3n) is 2.01. The third-order valence-corrected chi connectivity index (χ3v) is 2.24. The highest BCUT2D eigenvalue weighted by Crippen LogP contribution is 2.29. The predicted octanol–water partition coefficient (Wildman–Crippen LogP) is 2.74. The zero-order valence-electron chi connectivity index (χ0n) is 8.77. The van der Waals surface area contributed by atoms with Gasteiger partial charge < -0.3 is 4.74 Å². The summed E-state index contributed by atoms with van der Waals surface area (Å²) in [7, 11) is 1.62. The van der Waals surface area contributed by atoms with Crippen LogP contribution >= 0.6 is 11.6 Å². The van der Waals surface area contributed by atoms with Crippen molar-refractivity contribution < 1.29 is 13.5 Å². The summed E-state index contributed by atoms with van der Waals surface area (Å²) in [6.45, 7) is -2.89. The molecule has 0 atom stereocenters. The zero-order valence-corrected chi connectivity index (χ0v) is 9.53. The molecule has 2 aromatic rings. The van der Waals surface area contributed by atoms with E-state index in [0.29, 0.717) is 16.4 Å². The molecule has 4 nitrogen and oxygen atoms in total. The zero-order chi connectivity index (χ0) is 12.4. The van der Waals surface area contributed by atoms with Crippen molar-refractivity contribution in [3.63, 3.8) is 0 Å². The van der Waals surface area contributed by atoms with Gasteiger partial charge in [-0.25, -0.2) is 4.98 Å². The maximum absolute atomic E-state index is 12.2. The Bertz CT molecular complexity index is 513. The number of alkyl halides is 2. The SMILES string of the molecule is Cn1cc(OC(F)F)c(-c2ccc(Cl)nc2)n1. The van der Waals surface area contributed by atoms with Crippen LogP contribution in [0.15, 0.2) is 24.5 Å². The minimum atomic E-state index is -2.89. The van der Waals surface area contributed by atoms with Gasteiger partial charge in [-0.05, 0) is 12.1 Å². The van der Waals surface area contributed by atoms with Crippen LogP contribution in [0.4, 0.5) is 8.78 Å². The molecule has 2 rings (SSSR count). The summed E-state index contributed by atoms with van der Waals surface area (Å²) in [6.07, 6.45) is 2.82. The fourth-order valence-electron chi connectivity index (χ4n) is 1.36. The van der Waals surface area contributed by atoms with Crippen molar-refractivity contribution in [2.75, 3.05) is 0 Å². The van der Waals surface area contributed by atoms with E-state index in [1.54, 1.807) is 19.2 Å². The second-order valence-corrected chi connectivity index (χ2v) is 3.65.